The van der Waals surface area contributed by atoms with E-state index < -0.39 is 29.1 Å². The van der Waals surface area contributed by atoms with Crippen molar-refractivity contribution < 1.29 is 24.2 Å². The first-order valence-corrected chi connectivity index (χ1v) is 16.5. The number of aliphatic hydroxyl groups excluding tert-OH is 1. The van der Waals surface area contributed by atoms with E-state index in [9.17, 15) is 19.5 Å². The summed E-state index contributed by atoms with van der Waals surface area (Å²) < 4.78 is 6.86. The Morgan fingerprint density at radius 1 is 1.00 bits per heavy atom. The average molecular weight is 609 g/mol. The van der Waals surface area contributed by atoms with E-state index in [0.717, 1.165) is 37.3 Å². The normalized spacial score (nSPS) is 26.9. The summed E-state index contributed by atoms with van der Waals surface area (Å²) in [4.78, 5) is 50.8. The smallest absolute Gasteiger partial charge is 0.253 e. The molecule has 44 heavy (non-hydrogen) atoms. The lowest BCUT2D eigenvalue weighted by atomic mass is 9.66. The Kier molecular flexibility index (Phi) is 10.9. The molecule has 0 aromatic heterocycles. The summed E-state index contributed by atoms with van der Waals surface area (Å²) in [6.45, 7) is 19.4. The third-order valence-electron chi connectivity index (χ3n) is 9.86. The van der Waals surface area contributed by atoms with Gasteiger partial charge in [-0.1, -0.05) is 19.1 Å². The van der Waals surface area contributed by atoms with Crippen LogP contribution in [0.2, 0.25) is 0 Å². The highest BCUT2D eigenvalue weighted by atomic mass is 16.5. The molecule has 0 radical (unpaired) electrons. The number of hydrogen-bond acceptors (Lipinski definition) is 6. The summed E-state index contributed by atoms with van der Waals surface area (Å²) in [5.74, 6) is -1.90. The molecule has 242 valence electrons. The largest absolute Gasteiger partial charge is 0.396 e. The Labute approximate surface area is 263 Å². The molecule has 1 aromatic rings. The number of aliphatic hydroxyl groups is 1. The first-order valence-electron chi connectivity index (χ1n) is 16.5. The van der Waals surface area contributed by atoms with Crippen molar-refractivity contribution in [2.75, 3.05) is 55.7 Å². The van der Waals surface area contributed by atoms with Crippen LogP contribution in [0, 0.1) is 11.8 Å². The Morgan fingerprint density at radius 3 is 2.25 bits per heavy atom. The van der Waals surface area contributed by atoms with Crippen molar-refractivity contribution in [3.63, 3.8) is 0 Å². The van der Waals surface area contributed by atoms with Crippen LogP contribution in [-0.2, 0) is 19.1 Å². The summed E-state index contributed by atoms with van der Waals surface area (Å²) in [6.07, 6.45) is 7.34. The number of nitrogens with zero attached hydrogens (tertiary/aromatic N) is 4. The average Bonchev–Trinajstić information content (AvgIpc) is 3.59. The quantitative estimate of drug-likeness (QED) is 0.208. The second kappa shape index (κ2) is 14.3. The number of carbonyl (C=O) groups excluding carboxylic acids is 3. The van der Waals surface area contributed by atoms with Crippen LogP contribution in [0.25, 0.3) is 0 Å². The van der Waals surface area contributed by atoms with Gasteiger partial charge in [-0.3, -0.25) is 14.4 Å². The zero-order chi connectivity index (χ0) is 32.1. The third kappa shape index (κ3) is 5.93. The number of ether oxygens (including phenoxy) is 1. The lowest BCUT2D eigenvalue weighted by Gasteiger charge is -2.37. The minimum Gasteiger partial charge on any atom is -0.396 e. The molecule has 2 unspecified atom stereocenters. The maximum Gasteiger partial charge on any atom is 0.253 e. The van der Waals surface area contributed by atoms with E-state index in [4.69, 9.17) is 4.74 Å². The number of rotatable bonds is 17. The summed E-state index contributed by atoms with van der Waals surface area (Å²) in [6, 6.07) is 7.08. The van der Waals surface area contributed by atoms with Gasteiger partial charge in [0.05, 0.1) is 17.4 Å². The monoisotopic (exact) mass is 608 g/mol. The van der Waals surface area contributed by atoms with Gasteiger partial charge in [-0.15, -0.1) is 13.2 Å². The van der Waals surface area contributed by atoms with E-state index in [2.05, 4.69) is 31.9 Å². The van der Waals surface area contributed by atoms with E-state index in [-0.39, 0.29) is 30.9 Å². The van der Waals surface area contributed by atoms with Crippen molar-refractivity contribution in [1.29, 1.82) is 0 Å². The molecule has 3 aliphatic rings. The zero-order valence-electron chi connectivity index (χ0n) is 27.2. The Bertz CT molecular complexity index is 1200. The lowest BCUT2D eigenvalue weighted by Crippen LogP contribution is -2.56. The fourth-order valence-corrected chi connectivity index (χ4v) is 7.84. The van der Waals surface area contributed by atoms with Gasteiger partial charge in [-0.2, -0.15) is 0 Å². The van der Waals surface area contributed by atoms with Crippen LogP contribution in [0.1, 0.15) is 66.2 Å². The lowest BCUT2D eigenvalue weighted by molar-refractivity contribution is -0.149. The molecule has 3 aliphatic heterocycles. The molecule has 9 heteroatoms. The van der Waals surface area contributed by atoms with Gasteiger partial charge in [0.15, 0.2) is 0 Å². The third-order valence-corrected chi connectivity index (χ3v) is 9.86. The molecule has 9 nitrogen and oxygen atoms in total. The molecule has 3 heterocycles. The molecular formula is C35H52N4O5. The molecule has 1 spiro atoms. The molecular weight excluding hydrogens is 556 g/mol. The van der Waals surface area contributed by atoms with Crippen LogP contribution in [0.5, 0.6) is 0 Å². The van der Waals surface area contributed by atoms with Gasteiger partial charge in [0, 0.05) is 57.3 Å². The summed E-state index contributed by atoms with van der Waals surface area (Å²) >= 11 is 0. The molecule has 1 N–H and O–H groups in total. The van der Waals surface area contributed by atoms with E-state index in [1.54, 1.807) is 26.9 Å². The molecule has 2 bridgehead atoms. The van der Waals surface area contributed by atoms with Crippen molar-refractivity contribution in [3.05, 3.63) is 49.6 Å². The fraction of sp³-hybridized carbons (Fsp3) is 0.629. The topological polar surface area (TPSA) is 93.6 Å². The molecule has 0 aliphatic carbocycles. The van der Waals surface area contributed by atoms with Crippen molar-refractivity contribution in [2.24, 2.45) is 11.8 Å². The number of anilines is 2. The van der Waals surface area contributed by atoms with Crippen LogP contribution in [0.15, 0.2) is 49.6 Å². The zero-order valence-corrected chi connectivity index (χ0v) is 27.2. The first kappa shape index (κ1) is 33.7. The van der Waals surface area contributed by atoms with Gasteiger partial charge in [-0.05, 0) is 83.6 Å². The fourth-order valence-electron chi connectivity index (χ4n) is 7.84. The number of hydrogen-bond donors (Lipinski definition) is 1. The van der Waals surface area contributed by atoms with E-state index in [1.165, 1.54) is 0 Å². The van der Waals surface area contributed by atoms with Crippen molar-refractivity contribution in [2.45, 2.75) is 83.5 Å². The minimum atomic E-state index is -1.09. The molecule has 3 fully saturated rings. The van der Waals surface area contributed by atoms with Gasteiger partial charge in [0.25, 0.3) is 5.91 Å². The van der Waals surface area contributed by atoms with Crippen LogP contribution in [-0.4, -0.2) is 95.7 Å². The Hall–Kier alpha value is -3.17. The van der Waals surface area contributed by atoms with Gasteiger partial charge >= 0.3 is 0 Å². The van der Waals surface area contributed by atoms with E-state index in [0.29, 0.717) is 45.3 Å². The molecule has 3 amide bonds. The van der Waals surface area contributed by atoms with Gasteiger partial charge < -0.3 is 29.4 Å². The highest BCUT2D eigenvalue weighted by molar-refractivity contribution is 6.05. The van der Waals surface area contributed by atoms with Crippen molar-refractivity contribution >= 4 is 29.1 Å². The van der Waals surface area contributed by atoms with Gasteiger partial charge in [0.1, 0.15) is 11.6 Å². The number of benzene rings is 1. The molecule has 3 saturated heterocycles. The number of likely N-dealkylation sites (tertiary alicyclic amines) is 1. The highest BCUT2D eigenvalue weighted by Gasteiger charge is 2.78. The molecule has 1 aromatic carbocycles. The number of amides is 3. The van der Waals surface area contributed by atoms with E-state index in [1.807, 2.05) is 38.1 Å². The van der Waals surface area contributed by atoms with E-state index >= 15 is 0 Å². The van der Waals surface area contributed by atoms with Crippen molar-refractivity contribution in [3.8, 4) is 0 Å². The standard InChI is InChI=1S/C35H52N4O5/c1-7-21-37(22-8-2)31(41)28-29-32(42)39(24-13-12-14-25-40)30(35(29)20-19-34(28,6)44-35)33(43)38(23-9-3)27-17-15-26(16-18-27)36(10-4)11-5/h7,9,15-18,28-30,40H,1,3,8,10-14,19-25H2,2,4-6H3/t28-,29-,30?,34+,35?/m0/s1. The molecule has 4 rings (SSSR count). The SMILES string of the molecule is C=CCN(CCC)C(=O)[C@@H]1[C@H]2C(=O)N(CCCCCO)C(C(=O)N(CC=C)c3ccc(N(CC)CC)cc3)C23CC[C@@]1(C)O3. The predicted molar refractivity (Wildman–Crippen MR) is 174 cm³/mol. The van der Waals surface area contributed by atoms with Crippen LogP contribution >= 0.6 is 0 Å². The highest BCUT2D eigenvalue weighted by Crippen LogP contribution is 2.63. The maximum absolute atomic E-state index is 14.8. The summed E-state index contributed by atoms with van der Waals surface area (Å²) in [5, 5.41) is 9.35. The van der Waals surface area contributed by atoms with Crippen LogP contribution < -0.4 is 9.80 Å². The summed E-state index contributed by atoms with van der Waals surface area (Å²) in [5.41, 5.74) is -0.119. The summed E-state index contributed by atoms with van der Waals surface area (Å²) in [7, 11) is 0. The number of unbranched alkanes of at least 4 members (excludes halogenated alkanes) is 2. The van der Waals surface area contributed by atoms with Crippen LogP contribution in [0.3, 0.4) is 0 Å². The second-order valence-corrected chi connectivity index (χ2v) is 12.5. The second-order valence-electron chi connectivity index (χ2n) is 12.5. The molecule has 5 atom stereocenters. The van der Waals surface area contributed by atoms with Gasteiger partial charge in [-0.25, -0.2) is 0 Å². The molecule has 0 saturated carbocycles. The number of carbonyl (C=O) groups is 3. The number of fused-ring (bicyclic) bond motifs is 1. The van der Waals surface area contributed by atoms with Crippen LogP contribution in [0.4, 0.5) is 11.4 Å². The minimum absolute atomic E-state index is 0.0775. The Morgan fingerprint density at radius 2 is 1.66 bits per heavy atom. The first-order chi connectivity index (χ1) is 21.2. The maximum atomic E-state index is 14.8. The van der Waals surface area contributed by atoms with Gasteiger partial charge in [0.2, 0.25) is 11.8 Å². The Balaban J connectivity index is 1.75. The van der Waals surface area contributed by atoms with Crippen molar-refractivity contribution in [1.82, 2.24) is 9.80 Å². The predicted octanol–water partition coefficient (Wildman–Crippen LogP) is 4.40.